The van der Waals surface area contributed by atoms with Crippen LogP contribution in [0, 0.1) is 0 Å². The first-order valence-corrected chi connectivity index (χ1v) is 7.93. The van der Waals surface area contributed by atoms with E-state index in [1.54, 1.807) is 0 Å². The van der Waals surface area contributed by atoms with Gasteiger partial charge in [-0.05, 0) is 25.7 Å². The molecule has 0 bridgehead atoms. The SMILES string of the molecule is CCCn1c(N)c(C(=O)C[NH+]2CCCCC2)c(=O)n(C)c1=O. The van der Waals surface area contributed by atoms with E-state index < -0.39 is 11.2 Å². The number of nitrogens with two attached hydrogens (primary N) is 1. The van der Waals surface area contributed by atoms with Gasteiger partial charge in [0.25, 0.3) is 5.56 Å². The Morgan fingerprint density at radius 3 is 2.45 bits per heavy atom. The van der Waals surface area contributed by atoms with E-state index in [1.807, 2.05) is 6.92 Å². The Morgan fingerprint density at radius 2 is 1.86 bits per heavy atom. The number of ketones is 1. The summed E-state index contributed by atoms with van der Waals surface area (Å²) in [7, 11) is 1.39. The van der Waals surface area contributed by atoms with Gasteiger partial charge in [0.1, 0.15) is 17.9 Å². The van der Waals surface area contributed by atoms with Crippen molar-refractivity contribution in [1.29, 1.82) is 0 Å². The minimum absolute atomic E-state index is 0.0105. The third kappa shape index (κ3) is 3.14. The Hall–Kier alpha value is -1.89. The summed E-state index contributed by atoms with van der Waals surface area (Å²) in [4.78, 5) is 38.1. The van der Waals surface area contributed by atoms with Gasteiger partial charge in [-0.2, -0.15) is 0 Å². The Kier molecular flexibility index (Phi) is 5.18. The van der Waals surface area contributed by atoms with Crippen LogP contribution in [0.1, 0.15) is 43.0 Å². The van der Waals surface area contributed by atoms with Crippen LogP contribution in [-0.2, 0) is 13.6 Å². The van der Waals surface area contributed by atoms with Crippen LogP contribution >= 0.6 is 0 Å². The highest BCUT2D eigenvalue weighted by molar-refractivity contribution is 6.00. The van der Waals surface area contributed by atoms with Crippen molar-refractivity contribution in [1.82, 2.24) is 9.13 Å². The lowest BCUT2D eigenvalue weighted by atomic mass is 10.1. The van der Waals surface area contributed by atoms with Gasteiger partial charge < -0.3 is 10.6 Å². The zero-order chi connectivity index (χ0) is 16.3. The first-order valence-electron chi connectivity index (χ1n) is 7.93. The summed E-state index contributed by atoms with van der Waals surface area (Å²) in [5.41, 5.74) is 4.88. The van der Waals surface area contributed by atoms with E-state index in [-0.39, 0.29) is 23.7 Å². The number of carbonyl (C=O) groups excluding carboxylic acids is 1. The van der Waals surface area contributed by atoms with Crippen molar-refractivity contribution in [2.24, 2.45) is 7.05 Å². The molecule has 1 aliphatic heterocycles. The zero-order valence-electron chi connectivity index (χ0n) is 13.4. The van der Waals surface area contributed by atoms with Crippen LogP contribution in [0.4, 0.5) is 5.82 Å². The average molecular weight is 309 g/mol. The predicted molar refractivity (Wildman–Crippen MR) is 84.4 cm³/mol. The third-order valence-electron chi connectivity index (χ3n) is 4.28. The van der Waals surface area contributed by atoms with E-state index in [9.17, 15) is 14.4 Å². The highest BCUT2D eigenvalue weighted by Crippen LogP contribution is 2.06. The van der Waals surface area contributed by atoms with Gasteiger partial charge in [-0.3, -0.25) is 18.7 Å². The summed E-state index contributed by atoms with van der Waals surface area (Å²) >= 11 is 0. The summed E-state index contributed by atoms with van der Waals surface area (Å²) < 4.78 is 2.30. The van der Waals surface area contributed by atoms with Crippen molar-refractivity contribution < 1.29 is 9.69 Å². The van der Waals surface area contributed by atoms with E-state index >= 15 is 0 Å². The smallest absolute Gasteiger partial charge is 0.332 e. The molecule has 0 unspecified atom stereocenters. The number of rotatable bonds is 5. The number of nitrogens with one attached hydrogen (secondary N) is 1. The molecule has 2 heterocycles. The van der Waals surface area contributed by atoms with Crippen LogP contribution in [0.25, 0.3) is 0 Å². The van der Waals surface area contributed by atoms with E-state index in [0.717, 1.165) is 30.5 Å². The molecule has 1 saturated heterocycles. The predicted octanol–water partition coefficient (Wildman–Crippen LogP) is -1.21. The molecule has 2 rings (SSSR count). The number of aromatic nitrogens is 2. The highest BCUT2D eigenvalue weighted by atomic mass is 16.2. The quantitative estimate of drug-likeness (QED) is 0.668. The molecule has 0 saturated carbocycles. The number of hydrogen-bond donors (Lipinski definition) is 2. The van der Waals surface area contributed by atoms with Crippen LogP contribution in [0.3, 0.4) is 0 Å². The van der Waals surface area contributed by atoms with Gasteiger partial charge in [-0.15, -0.1) is 0 Å². The molecule has 3 N–H and O–H groups in total. The van der Waals surface area contributed by atoms with E-state index in [4.69, 9.17) is 5.73 Å². The maximum atomic E-state index is 12.5. The highest BCUT2D eigenvalue weighted by Gasteiger charge is 2.25. The molecule has 122 valence electrons. The fourth-order valence-electron chi connectivity index (χ4n) is 3.03. The molecule has 0 aromatic carbocycles. The molecule has 0 atom stereocenters. The monoisotopic (exact) mass is 309 g/mol. The van der Waals surface area contributed by atoms with Crippen molar-refractivity contribution in [3.05, 3.63) is 26.4 Å². The van der Waals surface area contributed by atoms with Crippen molar-refractivity contribution >= 4 is 11.6 Å². The number of carbonyl (C=O) groups is 1. The summed E-state index contributed by atoms with van der Waals surface area (Å²) in [5, 5.41) is 0. The Balaban J connectivity index is 2.39. The first-order chi connectivity index (χ1) is 10.5. The second-order valence-electron chi connectivity index (χ2n) is 5.97. The lowest BCUT2D eigenvalue weighted by Crippen LogP contribution is -3.13. The maximum absolute atomic E-state index is 12.5. The van der Waals surface area contributed by atoms with Crippen molar-refractivity contribution in [2.75, 3.05) is 25.4 Å². The molecule has 1 fully saturated rings. The summed E-state index contributed by atoms with van der Waals surface area (Å²) in [6.07, 6.45) is 4.10. The minimum atomic E-state index is -0.587. The lowest BCUT2D eigenvalue weighted by molar-refractivity contribution is -0.896. The van der Waals surface area contributed by atoms with Crippen molar-refractivity contribution in [2.45, 2.75) is 39.2 Å². The van der Waals surface area contributed by atoms with E-state index in [1.165, 1.54) is 22.9 Å². The van der Waals surface area contributed by atoms with Gasteiger partial charge in [-0.25, -0.2) is 4.79 Å². The number of piperidine rings is 1. The van der Waals surface area contributed by atoms with Gasteiger partial charge >= 0.3 is 5.69 Å². The number of hydrogen-bond acceptors (Lipinski definition) is 4. The molecule has 22 heavy (non-hydrogen) atoms. The van der Waals surface area contributed by atoms with E-state index in [2.05, 4.69) is 0 Å². The average Bonchev–Trinajstić information content (AvgIpc) is 2.50. The number of anilines is 1. The molecular formula is C15H25N4O3+. The van der Waals surface area contributed by atoms with Gasteiger partial charge in [0.2, 0.25) is 5.78 Å². The molecule has 1 aliphatic rings. The van der Waals surface area contributed by atoms with Gasteiger partial charge in [-0.1, -0.05) is 6.92 Å². The standard InChI is InChI=1S/C15H24N4O3/c1-3-7-19-13(16)12(14(21)17(2)15(19)22)11(20)10-18-8-5-4-6-9-18/h3-10,16H2,1-2H3/p+1. The molecule has 7 nitrogen and oxygen atoms in total. The van der Waals surface area contributed by atoms with Gasteiger partial charge in [0, 0.05) is 13.6 Å². The number of nitrogens with zero attached hydrogens (tertiary/aromatic N) is 2. The second-order valence-corrected chi connectivity index (χ2v) is 5.97. The largest absolute Gasteiger partial charge is 0.384 e. The number of nitrogen functional groups attached to an aromatic ring is 1. The first kappa shape index (κ1) is 16.5. The summed E-state index contributed by atoms with van der Waals surface area (Å²) in [5.74, 6) is -0.254. The molecule has 0 spiro atoms. The van der Waals surface area contributed by atoms with Gasteiger partial charge in [0.15, 0.2) is 0 Å². The normalized spacial score (nSPS) is 15.9. The fourth-order valence-corrected chi connectivity index (χ4v) is 3.03. The van der Waals surface area contributed by atoms with Crippen LogP contribution in [-0.4, -0.2) is 34.6 Å². The zero-order valence-corrected chi connectivity index (χ0v) is 13.4. The van der Waals surface area contributed by atoms with Crippen molar-refractivity contribution in [3.63, 3.8) is 0 Å². The van der Waals surface area contributed by atoms with Crippen LogP contribution < -0.4 is 21.9 Å². The second kappa shape index (κ2) is 6.91. The Bertz CT molecular complexity index is 669. The third-order valence-corrected chi connectivity index (χ3v) is 4.28. The molecule has 7 heteroatoms. The lowest BCUT2D eigenvalue weighted by Gasteiger charge is -2.23. The molecule has 0 aliphatic carbocycles. The molecule has 0 amide bonds. The van der Waals surface area contributed by atoms with Crippen molar-refractivity contribution in [3.8, 4) is 0 Å². The summed E-state index contributed by atoms with van der Waals surface area (Å²) in [6.45, 7) is 4.47. The Labute approximate surface area is 129 Å². The van der Waals surface area contributed by atoms with Gasteiger partial charge in [0.05, 0.1) is 13.1 Å². The molecular weight excluding hydrogens is 284 g/mol. The number of quaternary nitrogens is 1. The van der Waals surface area contributed by atoms with Crippen LogP contribution in [0.15, 0.2) is 9.59 Å². The molecule has 1 aromatic rings. The molecule has 0 radical (unpaired) electrons. The molecule has 1 aromatic heterocycles. The number of likely N-dealkylation sites (tertiary alicyclic amines) is 1. The van der Waals surface area contributed by atoms with Crippen LogP contribution in [0.5, 0.6) is 0 Å². The van der Waals surface area contributed by atoms with E-state index in [0.29, 0.717) is 13.0 Å². The Morgan fingerprint density at radius 1 is 1.23 bits per heavy atom. The minimum Gasteiger partial charge on any atom is -0.384 e. The summed E-state index contributed by atoms with van der Waals surface area (Å²) in [6, 6.07) is 0. The van der Waals surface area contributed by atoms with Crippen LogP contribution in [0.2, 0.25) is 0 Å². The topological polar surface area (TPSA) is 91.5 Å². The number of Topliss-reactive ketones (excluding diaryl/α,β-unsaturated/α-hetero) is 1. The maximum Gasteiger partial charge on any atom is 0.332 e. The fraction of sp³-hybridized carbons (Fsp3) is 0.667.